The molecule has 12 rings (SSSR count). The van der Waals surface area contributed by atoms with E-state index in [0.29, 0.717) is 22.4 Å². The largest absolute Gasteiger partial charge is 0.296 e. The number of aromatic nitrogens is 5. The average molecular weight is 773 g/mol. The second-order valence-corrected chi connectivity index (χ2v) is 16.1. The lowest BCUT2D eigenvalue weighted by molar-refractivity contribution is 0.793. The molecular formula is C52H32N6S. The molecule has 3 heterocycles. The van der Waals surface area contributed by atoms with Gasteiger partial charge in [-0.05, 0) is 74.8 Å². The molecule has 1 unspecified atom stereocenters. The summed E-state index contributed by atoms with van der Waals surface area (Å²) in [4.78, 5) is 20.9. The topological polar surface area (TPSA) is 80.3 Å². The summed E-state index contributed by atoms with van der Waals surface area (Å²) >= 11 is 1.50. The summed E-state index contributed by atoms with van der Waals surface area (Å²) in [5.74, 6) is 2.65. The van der Waals surface area contributed by atoms with Crippen molar-refractivity contribution in [3.63, 3.8) is 0 Å². The van der Waals surface area contributed by atoms with E-state index in [1.165, 1.54) is 44.7 Å². The van der Waals surface area contributed by atoms with Gasteiger partial charge in [0.15, 0.2) is 17.5 Å². The van der Waals surface area contributed by atoms with Crippen molar-refractivity contribution in [2.24, 2.45) is 0 Å². The molecule has 0 bridgehead atoms. The maximum atomic E-state index is 10.9. The predicted octanol–water partition coefficient (Wildman–Crippen LogP) is 12.2. The minimum absolute atomic E-state index is 0.489. The Morgan fingerprint density at radius 3 is 1.86 bits per heavy atom. The smallest absolute Gasteiger partial charge is 0.166 e. The van der Waals surface area contributed by atoms with Gasteiger partial charge in [0.2, 0.25) is 0 Å². The van der Waals surface area contributed by atoms with Crippen molar-refractivity contribution in [3.05, 3.63) is 197 Å². The van der Waals surface area contributed by atoms with Crippen LogP contribution >= 0.6 is 11.3 Å². The standard InChI is InChI=1S/C52H32N6S/c1-2-45-54-41-23-13-14-24-42(41)58(45)33-25-26-39-36(29-33)34-19-9-11-21-37(34)52(39)38-22-12-10-20-35(38)46-40(52)27-28-43-47(46)48(44(30-53)59-43)51-56-49(31-15-5-3-6-16-31)55-50(57-51)32-17-7-4-8-18-32/h3-29H,2H2,1H3. The molecule has 0 fully saturated rings. The summed E-state index contributed by atoms with van der Waals surface area (Å²) in [5.41, 5.74) is 14.7. The van der Waals surface area contributed by atoms with Crippen LogP contribution in [0.25, 0.3) is 83.2 Å². The molecule has 1 spiro atoms. The number of hydrogen-bond donors (Lipinski definition) is 0. The molecule has 0 radical (unpaired) electrons. The summed E-state index contributed by atoms with van der Waals surface area (Å²) in [6.07, 6.45) is 0.817. The maximum absolute atomic E-state index is 10.9. The quantitative estimate of drug-likeness (QED) is 0.174. The number of nitrogens with zero attached hydrogens (tertiary/aromatic N) is 6. The normalized spacial score (nSPS) is 14.6. The number of fused-ring (bicyclic) bond motifs is 13. The van der Waals surface area contributed by atoms with Crippen molar-refractivity contribution in [2.75, 3.05) is 0 Å². The predicted molar refractivity (Wildman–Crippen MR) is 237 cm³/mol. The summed E-state index contributed by atoms with van der Waals surface area (Å²) in [6, 6.07) is 60.1. The van der Waals surface area contributed by atoms with Gasteiger partial charge in [-0.3, -0.25) is 4.57 Å². The fourth-order valence-electron chi connectivity index (χ4n) is 9.76. The van der Waals surface area contributed by atoms with E-state index in [1.807, 2.05) is 60.7 Å². The Bertz CT molecular complexity index is 3340. The number of para-hydroxylation sites is 2. The molecule has 1 atom stereocenters. The lowest BCUT2D eigenvalue weighted by Gasteiger charge is -2.30. The second-order valence-electron chi connectivity index (χ2n) is 15.1. The van der Waals surface area contributed by atoms with Gasteiger partial charge in [0.05, 0.1) is 22.0 Å². The van der Waals surface area contributed by atoms with Crippen LogP contribution in [0.1, 0.15) is 39.9 Å². The molecule has 6 nitrogen and oxygen atoms in total. The van der Waals surface area contributed by atoms with Gasteiger partial charge in [0.25, 0.3) is 0 Å². The van der Waals surface area contributed by atoms with Crippen LogP contribution in [0.5, 0.6) is 0 Å². The lowest BCUT2D eigenvalue weighted by Crippen LogP contribution is -2.25. The minimum atomic E-state index is -0.593. The third-order valence-corrected chi connectivity index (χ3v) is 13.2. The van der Waals surface area contributed by atoms with Crippen molar-refractivity contribution >= 4 is 32.5 Å². The Kier molecular flexibility index (Phi) is 7.25. The molecule has 3 aromatic heterocycles. The number of benzene rings is 7. The number of nitriles is 1. The summed E-state index contributed by atoms with van der Waals surface area (Å²) in [6.45, 7) is 2.17. The third-order valence-electron chi connectivity index (χ3n) is 12.1. The van der Waals surface area contributed by atoms with E-state index in [4.69, 9.17) is 19.9 Å². The molecule has 276 valence electrons. The average Bonchev–Trinajstić information content (AvgIpc) is 4.04. The van der Waals surface area contributed by atoms with Crippen molar-refractivity contribution in [1.82, 2.24) is 24.5 Å². The Morgan fingerprint density at radius 2 is 1.15 bits per heavy atom. The molecule has 2 aliphatic rings. The maximum Gasteiger partial charge on any atom is 0.166 e. The summed E-state index contributed by atoms with van der Waals surface area (Å²) in [7, 11) is 0. The zero-order valence-corrected chi connectivity index (χ0v) is 32.7. The number of hydrogen-bond acceptors (Lipinski definition) is 6. The van der Waals surface area contributed by atoms with E-state index >= 15 is 0 Å². The third kappa shape index (κ3) is 4.66. The molecular weight excluding hydrogens is 741 g/mol. The van der Waals surface area contributed by atoms with Crippen molar-refractivity contribution in [3.8, 4) is 68.2 Å². The first-order valence-electron chi connectivity index (χ1n) is 19.9. The molecule has 2 aliphatic carbocycles. The number of thiophene rings is 1. The number of rotatable bonds is 5. The summed E-state index contributed by atoms with van der Waals surface area (Å²) < 4.78 is 3.33. The molecule has 0 N–H and O–H groups in total. The molecule has 7 heteroatoms. The van der Waals surface area contributed by atoms with Crippen molar-refractivity contribution < 1.29 is 0 Å². The van der Waals surface area contributed by atoms with E-state index in [-0.39, 0.29) is 0 Å². The Balaban J connectivity index is 1.15. The van der Waals surface area contributed by atoms with Gasteiger partial charge in [0.1, 0.15) is 16.8 Å². The second kappa shape index (κ2) is 12.7. The van der Waals surface area contributed by atoms with Crippen LogP contribution in [0.3, 0.4) is 0 Å². The fourth-order valence-corrected chi connectivity index (χ4v) is 10.8. The SMILES string of the molecule is CCc1nc2ccccc2n1-c1ccc2c(c1)-c1ccccc1C21c2ccccc2-c2c1ccc1sc(C#N)c(-c3nc(-c4ccccc4)nc(-c4ccccc4)n3)c21. The van der Waals surface area contributed by atoms with Crippen LogP contribution in [0.2, 0.25) is 0 Å². The highest BCUT2D eigenvalue weighted by Crippen LogP contribution is 2.65. The van der Waals surface area contributed by atoms with E-state index in [0.717, 1.165) is 66.9 Å². The van der Waals surface area contributed by atoms with Gasteiger partial charge in [0, 0.05) is 33.3 Å². The van der Waals surface area contributed by atoms with Crippen molar-refractivity contribution in [1.29, 1.82) is 5.26 Å². The molecule has 59 heavy (non-hydrogen) atoms. The lowest BCUT2D eigenvalue weighted by atomic mass is 9.70. The molecule has 0 amide bonds. The first kappa shape index (κ1) is 33.6. The first-order valence-corrected chi connectivity index (χ1v) is 20.7. The molecule has 10 aromatic rings. The van der Waals surface area contributed by atoms with Gasteiger partial charge in [-0.15, -0.1) is 11.3 Å². The van der Waals surface area contributed by atoms with Crippen LogP contribution in [-0.2, 0) is 11.8 Å². The summed E-state index contributed by atoms with van der Waals surface area (Å²) in [5, 5.41) is 11.9. The first-order chi connectivity index (χ1) is 29.2. The van der Waals surface area contributed by atoms with E-state index in [9.17, 15) is 5.26 Å². The number of imidazole rings is 1. The molecule has 7 aromatic carbocycles. The van der Waals surface area contributed by atoms with Gasteiger partial charge in [-0.25, -0.2) is 19.9 Å². The molecule has 0 saturated heterocycles. The van der Waals surface area contributed by atoms with Crippen molar-refractivity contribution in [2.45, 2.75) is 18.8 Å². The van der Waals surface area contributed by atoms with Gasteiger partial charge >= 0.3 is 0 Å². The Hall–Kier alpha value is -7.53. The number of aryl methyl sites for hydroxylation is 1. The van der Waals surface area contributed by atoms with E-state index < -0.39 is 5.41 Å². The van der Waals surface area contributed by atoms with Gasteiger partial charge in [-0.2, -0.15) is 5.26 Å². The molecule has 0 saturated carbocycles. The minimum Gasteiger partial charge on any atom is -0.296 e. The zero-order chi connectivity index (χ0) is 39.2. The van der Waals surface area contributed by atoms with Gasteiger partial charge in [-0.1, -0.05) is 140 Å². The van der Waals surface area contributed by atoms with E-state index in [2.05, 4.69) is 121 Å². The van der Waals surface area contributed by atoms with Crippen LogP contribution in [-0.4, -0.2) is 24.5 Å². The van der Waals surface area contributed by atoms with Crippen LogP contribution in [0.4, 0.5) is 0 Å². The van der Waals surface area contributed by atoms with Crippen LogP contribution < -0.4 is 0 Å². The molecule has 0 aliphatic heterocycles. The van der Waals surface area contributed by atoms with Crippen LogP contribution in [0.15, 0.2) is 164 Å². The highest BCUT2D eigenvalue weighted by molar-refractivity contribution is 7.20. The van der Waals surface area contributed by atoms with E-state index in [1.54, 1.807) is 0 Å². The van der Waals surface area contributed by atoms with Crippen LogP contribution in [0, 0.1) is 11.3 Å². The Labute approximate surface area is 344 Å². The highest BCUT2D eigenvalue weighted by atomic mass is 32.1. The Morgan fingerprint density at radius 1 is 0.559 bits per heavy atom. The zero-order valence-electron chi connectivity index (χ0n) is 31.9. The van der Waals surface area contributed by atoms with Gasteiger partial charge < -0.3 is 0 Å². The fraction of sp³-hybridized carbons (Fsp3) is 0.0577. The highest BCUT2D eigenvalue weighted by Gasteiger charge is 2.52. The monoisotopic (exact) mass is 772 g/mol.